The van der Waals surface area contributed by atoms with E-state index >= 15 is 0 Å². The van der Waals surface area contributed by atoms with Crippen molar-refractivity contribution in [1.82, 2.24) is 5.32 Å². The molecule has 0 aliphatic heterocycles. The molecule has 0 spiro atoms. The van der Waals surface area contributed by atoms with E-state index in [9.17, 15) is 19.4 Å². The fourth-order valence-electron chi connectivity index (χ4n) is 2.79. The number of nitrogens with one attached hydrogen (secondary N) is 1. The van der Waals surface area contributed by atoms with Crippen LogP contribution in [0.5, 0.6) is 0 Å². The lowest BCUT2D eigenvalue weighted by atomic mass is 10.1. The minimum absolute atomic E-state index is 0.0101. The second-order valence-corrected chi connectivity index (χ2v) is 10.5. The molecule has 0 aromatic carbocycles. The van der Waals surface area contributed by atoms with Crippen LogP contribution in [0.15, 0.2) is 24.3 Å². The number of phosphoric acid groups is 1. The lowest BCUT2D eigenvalue weighted by molar-refractivity contribution is -0.870. The van der Waals surface area contributed by atoms with Gasteiger partial charge in [-0.2, -0.15) is 0 Å². The van der Waals surface area contributed by atoms with E-state index in [1.807, 2.05) is 27.2 Å². The van der Waals surface area contributed by atoms with Crippen molar-refractivity contribution in [1.29, 1.82) is 0 Å². The van der Waals surface area contributed by atoms with Crippen LogP contribution in [0.25, 0.3) is 0 Å². The zero-order valence-corrected chi connectivity index (χ0v) is 21.5. The van der Waals surface area contributed by atoms with Crippen molar-refractivity contribution in [2.45, 2.75) is 77.4 Å². The molecule has 188 valence electrons. The van der Waals surface area contributed by atoms with Gasteiger partial charge >= 0.3 is 0 Å². The third kappa shape index (κ3) is 19.6. The fraction of sp³-hybridized carbons (Fsp3) is 0.783. The zero-order chi connectivity index (χ0) is 24.5. The summed E-state index contributed by atoms with van der Waals surface area (Å²) in [6.07, 6.45) is 15.6. The molecule has 3 unspecified atom stereocenters. The first-order valence-electron chi connectivity index (χ1n) is 11.6. The second-order valence-electron chi connectivity index (χ2n) is 9.07. The summed E-state index contributed by atoms with van der Waals surface area (Å²) in [5.41, 5.74) is 0. The van der Waals surface area contributed by atoms with Gasteiger partial charge in [-0.1, -0.05) is 56.9 Å². The Hall–Kier alpha value is -1.02. The van der Waals surface area contributed by atoms with Crippen molar-refractivity contribution in [3.05, 3.63) is 24.3 Å². The summed E-state index contributed by atoms with van der Waals surface area (Å²) in [6.45, 7) is 3.58. The number of hydrogen-bond acceptors (Lipinski definition) is 6. The van der Waals surface area contributed by atoms with E-state index in [2.05, 4.69) is 24.4 Å². The Kier molecular flexibility index (Phi) is 16.9. The smallest absolute Gasteiger partial charge is 0.268 e. The number of hydrogen-bond donors (Lipinski definition) is 2. The molecule has 0 saturated heterocycles. The van der Waals surface area contributed by atoms with Crippen LogP contribution in [-0.4, -0.2) is 68.5 Å². The van der Waals surface area contributed by atoms with Crippen molar-refractivity contribution in [3.8, 4) is 0 Å². The van der Waals surface area contributed by atoms with Gasteiger partial charge < -0.3 is 28.8 Å². The van der Waals surface area contributed by atoms with E-state index in [4.69, 9.17) is 9.05 Å². The molecule has 3 atom stereocenters. The van der Waals surface area contributed by atoms with Gasteiger partial charge in [0.05, 0.1) is 39.9 Å². The van der Waals surface area contributed by atoms with E-state index in [-0.39, 0.29) is 12.5 Å². The van der Waals surface area contributed by atoms with E-state index in [1.54, 1.807) is 6.08 Å². The normalized spacial score (nSPS) is 16.3. The molecule has 0 aromatic heterocycles. The molecule has 0 aliphatic rings. The van der Waals surface area contributed by atoms with Crippen molar-refractivity contribution < 1.29 is 32.9 Å². The van der Waals surface area contributed by atoms with Crippen molar-refractivity contribution in [3.63, 3.8) is 0 Å². The summed E-state index contributed by atoms with van der Waals surface area (Å²) < 4.78 is 22.2. The number of carbonyl (C=O) groups is 1. The lowest BCUT2D eigenvalue weighted by Gasteiger charge is -2.29. The monoisotopic (exact) mass is 476 g/mol. The second kappa shape index (κ2) is 17.5. The Labute approximate surface area is 194 Å². The highest BCUT2D eigenvalue weighted by Gasteiger charge is 2.22. The van der Waals surface area contributed by atoms with Gasteiger partial charge in [-0.25, -0.2) is 0 Å². The molecular weight excluding hydrogens is 431 g/mol. The van der Waals surface area contributed by atoms with Gasteiger partial charge in [0.15, 0.2) is 0 Å². The van der Waals surface area contributed by atoms with Gasteiger partial charge in [-0.15, -0.1) is 0 Å². The predicted octanol–water partition coefficient (Wildman–Crippen LogP) is 3.31. The Balaban J connectivity index is 4.37. The van der Waals surface area contributed by atoms with E-state index in [0.29, 0.717) is 11.0 Å². The molecule has 0 aliphatic carbocycles. The van der Waals surface area contributed by atoms with Crippen LogP contribution >= 0.6 is 7.82 Å². The minimum atomic E-state index is -4.53. The average Bonchev–Trinajstić information content (AvgIpc) is 2.67. The van der Waals surface area contributed by atoms with Crippen LogP contribution in [-0.2, 0) is 18.4 Å². The fourth-order valence-corrected chi connectivity index (χ4v) is 3.51. The van der Waals surface area contributed by atoms with Gasteiger partial charge in [-0.05, 0) is 25.7 Å². The zero-order valence-electron chi connectivity index (χ0n) is 20.6. The number of quaternary nitrogens is 1. The first kappa shape index (κ1) is 31.0. The molecule has 0 aromatic rings. The van der Waals surface area contributed by atoms with E-state index in [1.165, 1.54) is 39.0 Å². The Morgan fingerprint density at radius 3 is 2.31 bits per heavy atom. The summed E-state index contributed by atoms with van der Waals surface area (Å²) in [6, 6.07) is -0.897. The van der Waals surface area contributed by atoms with Gasteiger partial charge in [0.1, 0.15) is 13.2 Å². The molecule has 0 heterocycles. The maximum atomic E-state index is 11.9. The van der Waals surface area contributed by atoms with E-state index in [0.717, 1.165) is 19.3 Å². The number of amides is 1. The largest absolute Gasteiger partial charge is 0.756 e. The quantitative estimate of drug-likeness (QED) is 0.128. The van der Waals surface area contributed by atoms with Crippen LogP contribution in [0, 0.1) is 0 Å². The number of rotatable bonds is 19. The van der Waals surface area contributed by atoms with Crippen molar-refractivity contribution >= 4 is 13.7 Å². The lowest BCUT2D eigenvalue weighted by Crippen LogP contribution is -2.45. The van der Waals surface area contributed by atoms with E-state index < -0.39 is 26.6 Å². The first-order valence-corrected chi connectivity index (χ1v) is 13.1. The highest BCUT2D eigenvalue weighted by molar-refractivity contribution is 7.45. The molecule has 0 radical (unpaired) electrons. The number of phosphoric ester groups is 1. The third-order valence-corrected chi connectivity index (χ3v) is 5.66. The van der Waals surface area contributed by atoms with Gasteiger partial charge in [0.25, 0.3) is 7.82 Å². The molecular formula is C23H45N2O6P. The first-order chi connectivity index (χ1) is 15.0. The summed E-state index contributed by atoms with van der Waals surface area (Å²) in [7, 11) is 1.22. The van der Waals surface area contributed by atoms with Crippen LogP contribution in [0.2, 0.25) is 0 Å². The number of aliphatic hydroxyl groups excluding tert-OH is 1. The molecule has 0 saturated carbocycles. The topological polar surface area (TPSA) is 108 Å². The van der Waals surface area contributed by atoms with Crippen LogP contribution in [0.4, 0.5) is 0 Å². The maximum Gasteiger partial charge on any atom is 0.268 e. The maximum absolute atomic E-state index is 11.9. The molecule has 32 heavy (non-hydrogen) atoms. The van der Waals surface area contributed by atoms with Crippen LogP contribution < -0.4 is 10.2 Å². The predicted molar refractivity (Wildman–Crippen MR) is 127 cm³/mol. The number of likely N-dealkylation sites (N-methyl/N-ethyl adjacent to an activating group) is 1. The number of allylic oxidation sites excluding steroid dienone is 3. The van der Waals surface area contributed by atoms with Crippen LogP contribution in [0.1, 0.15) is 65.2 Å². The summed E-state index contributed by atoms with van der Waals surface area (Å²) in [5.74, 6) is -0.389. The molecule has 2 N–H and O–H groups in total. The Morgan fingerprint density at radius 1 is 1.06 bits per heavy atom. The van der Waals surface area contributed by atoms with Crippen molar-refractivity contribution in [2.75, 3.05) is 40.9 Å². The number of unbranched alkanes of at least 4 members (excludes halogenated alkanes) is 6. The van der Waals surface area contributed by atoms with Gasteiger partial charge in [0.2, 0.25) is 5.91 Å². The summed E-state index contributed by atoms with van der Waals surface area (Å²) in [4.78, 5) is 23.4. The minimum Gasteiger partial charge on any atom is -0.756 e. The average molecular weight is 477 g/mol. The molecule has 9 heteroatoms. The molecule has 0 bridgehead atoms. The Bertz CT molecular complexity index is 604. The Morgan fingerprint density at radius 2 is 1.69 bits per heavy atom. The third-order valence-electron chi connectivity index (χ3n) is 4.70. The number of nitrogens with zero attached hydrogens (tertiary/aromatic N) is 1. The number of carbonyl (C=O) groups excluding carboxylic acids is 1. The number of aliphatic hydroxyl groups is 1. The highest BCUT2D eigenvalue weighted by atomic mass is 31.2. The highest BCUT2D eigenvalue weighted by Crippen LogP contribution is 2.38. The summed E-state index contributed by atoms with van der Waals surface area (Å²) >= 11 is 0. The molecule has 0 rings (SSSR count). The SMILES string of the molecule is CCCCCCC/C=C/CC/C=C/C(O)C(COP(=O)([O-])OCC[N+](C)(C)C)NC(C)=O. The molecule has 1 amide bonds. The molecule has 0 fully saturated rings. The standard InChI is InChI=1S/C23H45N2O6P/c1-6-7-8-9-10-11-12-13-14-15-16-17-23(27)22(24-21(2)26)20-31-32(28,29)30-19-18-25(3,4)5/h12-13,16-17,22-23,27H,6-11,14-15,18-20H2,1-5H3,(H-,24,26,28,29)/b13-12+,17-16+. The van der Waals surface area contributed by atoms with Crippen LogP contribution in [0.3, 0.4) is 0 Å². The van der Waals surface area contributed by atoms with Gasteiger partial charge in [-0.3, -0.25) is 9.36 Å². The summed E-state index contributed by atoms with van der Waals surface area (Å²) in [5, 5.41) is 12.9. The van der Waals surface area contributed by atoms with Gasteiger partial charge in [0, 0.05) is 6.92 Å². The molecule has 8 nitrogen and oxygen atoms in total. The van der Waals surface area contributed by atoms with Crippen molar-refractivity contribution in [2.24, 2.45) is 0 Å².